The number of hydrogen-bond acceptors (Lipinski definition) is 4. The van der Waals surface area contributed by atoms with Gasteiger partial charge < -0.3 is 4.74 Å². The molecule has 2 aromatic carbocycles. The number of amides is 1. The van der Waals surface area contributed by atoms with Crippen LogP contribution in [0.15, 0.2) is 58.1 Å². The Hall–Kier alpha value is -2.65. The number of nitrogens with one attached hydrogen (secondary N) is 1. The Labute approximate surface area is 136 Å². The molecule has 6 heteroatoms. The molecule has 0 aliphatic rings. The van der Waals surface area contributed by atoms with Crippen molar-refractivity contribution in [1.29, 1.82) is 5.26 Å². The summed E-state index contributed by atoms with van der Waals surface area (Å²) < 4.78 is 6.26. The zero-order valence-corrected chi connectivity index (χ0v) is 13.1. The lowest BCUT2D eigenvalue weighted by Gasteiger charge is -2.04. The predicted molar refractivity (Wildman–Crippen MR) is 86.5 cm³/mol. The second-order valence-electron chi connectivity index (χ2n) is 4.27. The van der Waals surface area contributed by atoms with E-state index in [-0.39, 0.29) is 12.5 Å². The van der Waals surface area contributed by atoms with Gasteiger partial charge in [0.2, 0.25) is 0 Å². The summed E-state index contributed by atoms with van der Waals surface area (Å²) in [5.74, 6) is 0.156. The summed E-state index contributed by atoms with van der Waals surface area (Å²) in [5, 5.41) is 12.5. The van der Waals surface area contributed by atoms with Gasteiger partial charge in [-0.05, 0) is 42.0 Å². The second kappa shape index (κ2) is 7.96. The van der Waals surface area contributed by atoms with Crippen LogP contribution in [-0.4, -0.2) is 18.7 Å². The zero-order valence-electron chi connectivity index (χ0n) is 11.5. The van der Waals surface area contributed by atoms with E-state index >= 15 is 0 Å². The second-order valence-corrected chi connectivity index (χ2v) is 5.19. The number of nitriles is 1. The van der Waals surface area contributed by atoms with E-state index in [1.54, 1.807) is 30.5 Å². The quantitative estimate of drug-likeness (QED) is 0.660. The van der Waals surface area contributed by atoms with E-state index in [1.807, 2.05) is 30.3 Å². The Morgan fingerprint density at radius 3 is 2.55 bits per heavy atom. The van der Waals surface area contributed by atoms with E-state index in [0.717, 1.165) is 10.0 Å². The molecule has 0 saturated carbocycles. The van der Waals surface area contributed by atoms with Crippen LogP contribution in [0.3, 0.4) is 0 Å². The number of ether oxygens (including phenoxy) is 1. The molecule has 0 unspecified atom stereocenters. The van der Waals surface area contributed by atoms with Gasteiger partial charge in [-0.15, -0.1) is 0 Å². The van der Waals surface area contributed by atoms with Crippen molar-refractivity contribution in [3.05, 3.63) is 64.1 Å². The third kappa shape index (κ3) is 5.04. The summed E-state index contributed by atoms with van der Waals surface area (Å²) in [6.07, 6.45) is 1.55. The lowest BCUT2D eigenvalue weighted by atomic mass is 10.2. The fraction of sp³-hybridized carbons (Fsp3) is 0.0625. The van der Waals surface area contributed by atoms with Gasteiger partial charge in [0.25, 0.3) is 5.91 Å². The molecule has 22 heavy (non-hydrogen) atoms. The van der Waals surface area contributed by atoms with Gasteiger partial charge >= 0.3 is 0 Å². The topological polar surface area (TPSA) is 74.5 Å². The number of halogens is 1. The summed E-state index contributed by atoms with van der Waals surface area (Å²) in [5.41, 5.74) is 3.79. The zero-order chi connectivity index (χ0) is 15.8. The normalized spacial score (nSPS) is 10.2. The minimum absolute atomic E-state index is 0.149. The molecular weight excluding hydrogens is 346 g/mol. The molecule has 0 atom stereocenters. The molecule has 0 aliphatic heterocycles. The Morgan fingerprint density at radius 1 is 1.23 bits per heavy atom. The van der Waals surface area contributed by atoms with Crippen LogP contribution in [0.2, 0.25) is 0 Å². The number of hydrogen-bond donors (Lipinski definition) is 1. The largest absolute Gasteiger partial charge is 0.484 e. The Kier molecular flexibility index (Phi) is 5.69. The summed E-state index contributed by atoms with van der Waals surface area (Å²) in [6.45, 7) is -0.149. The van der Waals surface area contributed by atoms with E-state index in [4.69, 9.17) is 10.00 Å². The Morgan fingerprint density at radius 2 is 1.91 bits per heavy atom. The first-order valence-electron chi connectivity index (χ1n) is 6.38. The highest BCUT2D eigenvalue weighted by molar-refractivity contribution is 9.10. The summed E-state index contributed by atoms with van der Waals surface area (Å²) in [7, 11) is 0. The first-order valence-corrected chi connectivity index (χ1v) is 7.17. The van der Waals surface area contributed by atoms with Gasteiger partial charge in [0.05, 0.1) is 17.8 Å². The molecule has 5 nitrogen and oxygen atoms in total. The van der Waals surface area contributed by atoms with Crippen LogP contribution < -0.4 is 10.2 Å². The van der Waals surface area contributed by atoms with E-state index < -0.39 is 0 Å². The van der Waals surface area contributed by atoms with Gasteiger partial charge in [-0.2, -0.15) is 10.4 Å². The van der Waals surface area contributed by atoms with Crippen LogP contribution >= 0.6 is 15.9 Å². The van der Waals surface area contributed by atoms with Crippen molar-refractivity contribution < 1.29 is 9.53 Å². The van der Waals surface area contributed by atoms with Gasteiger partial charge in [-0.25, -0.2) is 5.43 Å². The van der Waals surface area contributed by atoms with Crippen molar-refractivity contribution in [2.75, 3.05) is 6.61 Å². The molecule has 110 valence electrons. The SMILES string of the molecule is N#Cc1ccc(OCC(=O)N/N=C\c2ccc(Br)cc2)cc1. The first-order chi connectivity index (χ1) is 10.7. The van der Waals surface area contributed by atoms with Crippen LogP contribution in [0.5, 0.6) is 5.75 Å². The van der Waals surface area contributed by atoms with Gasteiger partial charge in [0.1, 0.15) is 5.75 Å². The third-order valence-corrected chi connectivity index (χ3v) is 3.15. The standard InChI is InChI=1S/C16H12BrN3O2/c17-14-5-1-13(2-6-14)10-19-20-16(21)11-22-15-7-3-12(9-18)4-8-15/h1-8,10H,11H2,(H,20,21)/b19-10-. The highest BCUT2D eigenvalue weighted by atomic mass is 79.9. The molecule has 0 heterocycles. The van der Waals surface area contributed by atoms with Gasteiger partial charge in [0, 0.05) is 4.47 Å². The molecule has 0 aromatic heterocycles. The Bertz CT molecular complexity index is 704. The molecule has 2 aromatic rings. The summed E-state index contributed by atoms with van der Waals surface area (Å²) >= 11 is 3.34. The van der Waals surface area contributed by atoms with Crippen molar-refractivity contribution >= 4 is 28.1 Å². The number of benzene rings is 2. The minimum Gasteiger partial charge on any atom is -0.484 e. The first kappa shape index (κ1) is 15.7. The average molecular weight is 358 g/mol. The Balaban J connectivity index is 1.78. The van der Waals surface area contributed by atoms with E-state index in [2.05, 4.69) is 26.5 Å². The number of rotatable bonds is 5. The molecule has 0 radical (unpaired) electrons. The van der Waals surface area contributed by atoms with Gasteiger partial charge in [0.15, 0.2) is 6.61 Å². The number of nitrogens with zero attached hydrogens (tertiary/aromatic N) is 2. The fourth-order valence-electron chi connectivity index (χ4n) is 1.53. The molecule has 1 N–H and O–H groups in total. The average Bonchev–Trinajstić information content (AvgIpc) is 2.55. The maximum Gasteiger partial charge on any atom is 0.277 e. The van der Waals surface area contributed by atoms with Crippen LogP contribution in [0, 0.1) is 11.3 Å². The maximum absolute atomic E-state index is 11.6. The summed E-state index contributed by atoms with van der Waals surface area (Å²) in [4.78, 5) is 11.6. The monoisotopic (exact) mass is 357 g/mol. The third-order valence-electron chi connectivity index (χ3n) is 2.63. The lowest BCUT2D eigenvalue weighted by molar-refractivity contribution is -0.123. The summed E-state index contributed by atoms with van der Waals surface area (Å²) in [6, 6.07) is 16.0. The van der Waals surface area contributed by atoms with Gasteiger partial charge in [-0.1, -0.05) is 28.1 Å². The number of carbonyl (C=O) groups is 1. The molecule has 0 bridgehead atoms. The molecular formula is C16H12BrN3O2. The maximum atomic E-state index is 11.6. The van der Waals surface area contributed by atoms with Crippen molar-refractivity contribution in [1.82, 2.24) is 5.43 Å². The van der Waals surface area contributed by atoms with Crippen LogP contribution in [0.25, 0.3) is 0 Å². The predicted octanol–water partition coefficient (Wildman–Crippen LogP) is 2.85. The van der Waals surface area contributed by atoms with E-state index in [0.29, 0.717) is 11.3 Å². The van der Waals surface area contributed by atoms with Crippen LogP contribution in [0.4, 0.5) is 0 Å². The molecule has 0 spiro atoms. The van der Waals surface area contributed by atoms with Crippen LogP contribution in [-0.2, 0) is 4.79 Å². The fourth-order valence-corrected chi connectivity index (χ4v) is 1.80. The molecule has 2 rings (SSSR count). The molecule has 0 fully saturated rings. The van der Waals surface area contributed by atoms with Gasteiger partial charge in [-0.3, -0.25) is 4.79 Å². The van der Waals surface area contributed by atoms with E-state index in [9.17, 15) is 4.79 Å². The smallest absolute Gasteiger partial charge is 0.277 e. The molecule has 0 saturated heterocycles. The number of hydrazone groups is 1. The highest BCUT2D eigenvalue weighted by Crippen LogP contribution is 2.11. The van der Waals surface area contributed by atoms with Crippen molar-refractivity contribution in [2.24, 2.45) is 5.10 Å². The number of carbonyl (C=O) groups excluding carboxylic acids is 1. The molecule has 0 aliphatic carbocycles. The van der Waals surface area contributed by atoms with E-state index in [1.165, 1.54) is 0 Å². The van der Waals surface area contributed by atoms with Crippen molar-refractivity contribution in [3.8, 4) is 11.8 Å². The minimum atomic E-state index is -0.363. The molecule has 1 amide bonds. The lowest BCUT2D eigenvalue weighted by Crippen LogP contribution is -2.24. The highest BCUT2D eigenvalue weighted by Gasteiger charge is 2.01. The van der Waals surface area contributed by atoms with Crippen LogP contribution in [0.1, 0.15) is 11.1 Å². The van der Waals surface area contributed by atoms with Crippen molar-refractivity contribution in [2.45, 2.75) is 0 Å². The van der Waals surface area contributed by atoms with Crippen molar-refractivity contribution in [3.63, 3.8) is 0 Å².